The molecule has 5 saturated carbocycles. The Hall–Kier alpha value is -8.69. The van der Waals surface area contributed by atoms with Crippen LogP contribution in [0, 0.1) is 62.6 Å². The second-order valence-electron chi connectivity index (χ2n) is 31.0. The molecule has 8 aliphatic rings. The molecule has 1 aromatic carbocycles. The standard InChI is InChI=1S/C21H25NO4S.C14H17NO4S.C13H13NO3S.C13H19NO2S.C13H15NO2S.C11H11NOS.C6H5NS/c1-24-17-6-3-2-5-16(17)19(23)22-15-20(18-7-4-14-27-18)8-10-21(11-9-20)25-12-13-26-21;1-18-12(16)5-7-14(10-15,8-6-13(17)19-2)11-4-3-9-20-11;1-17-12(16)9-7-13(8-14,5-4-10(9)15)11-3-2-6-18-11;2*14-10-12(11-2-1-9-17-11)3-5-13(6-4-12)15-7-8-16-13;12-8-11(10-2-1-7-14-10)5-3-9(13)4-6-11;7-4-3-6-2-1-5-8-6/h2-7,14H,8-13,15H2,1H3,(H,22,23);3-4,9H,5-8H2,1-2H3;2-3,6,9H,4-5,7H2,1H3;1-2,9H,3-8,10,14H2;1-2,9H,3-8H2;1-2,7H,3-6H2;1-2,5H,3H2. The van der Waals surface area contributed by atoms with Gasteiger partial charge in [0.25, 0.3) is 5.91 Å². The van der Waals surface area contributed by atoms with E-state index in [1.54, 1.807) is 58.5 Å². The summed E-state index contributed by atoms with van der Waals surface area (Å²) >= 11 is 11.4. The van der Waals surface area contributed by atoms with Gasteiger partial charge >= 0.3 is 17.9 Å². The molecule has 3 spiro atoms. The summed E-state index contributed by atoms with van der Waals surface area (Å²) in [4.78, 5) is 77.9. The van der Waals surface area contributed by atoms with Crippen molar-refractivity contribution < 1.29 is 76.1 Å². The number of esters is 3. The Kier molecular flexibility index (Phi) is 35.2. The lowest BCUT2D eigenvalue weighted by Gasteiger charge is -2.43. The molecule has 3 aliphatic heterocycles. The first-order chi connectivity index (χ1) is 58.6. The van der Waals surface area contributed by atoms with Gasteiger partial charge in [0.05, 0.1) is 132 Å². The summed E-state index contributed by atoms with van der Waals surface area (Å²) in [5.41, 5.74) is 4.44. The molecule has 10 heterocycles. The molecule has 0 radical (unpaired) electrons. The number of benzene rings is 1. The monoisotopic (exact) mass is 1780 g/mol. The van der Waals surface area contributed by atoms with Gasteiger partial charge in [-0.15, -0.1) is 79.4 Å². The van der Waals surface area contributed by atoms with Crippen molar-refractivity contribution in [3.63, 3.8) is 0 Å². The molecule has 30 heteroatoms. The van der Waals surface area contributed by atoms with Crippen LogP contribution < -0.4 is 15.8 Å². The largest absolute Gasteiger partial charge is 0.496 e. The summed E-state index contributed by atoms with van der Waals surface area (Å²) in [6, 6.07) is 46.9. The topological polar surface area (TPSA) is 352 Å². The highest BCUT2D eigenvalue weighted by Gasteiger charge is 2.52. The predicted molar refractivity (Wildman–Crippen MR) is 466 cm³/mol. The normalized spacial score (nSPS) is 22.3. The Labute approximate surface area is 736 Å². The van der Waals surface area contributed by atoms with Crippen molar-refractivity contribution in [1.82, 2.24) is 5.32 Å². The zero-order chi connectivity index (χ0) is 86.3. The molecule has 3 saturated heterocycles. The molecule has 121 heavy (non-hydrogen) atoms. The Morgan fingerprint density at radius 2 is 0.884 bits per heavy atom. The predicted octanol–water partition coefficient (Wildman–Crippen LogP) is 17.8. The van der Waals surface area contributed by atoms with Gasteiger partial charge in [-0.05, 0) is 169 Å². The number of rotatable bonds is 19. The first-order valence-electron chi connectivity index (χ1n) is 40.6. The Balaban J connectivity index is 0.000000151. The maximum Gasteiger partial charge on any atom is 0.316 e. The van der Waals surface area contributed by atoms with Crippen molar-refractivity contribution in [3.05, 3.63) is 187 Å². The second-order valence-corrected chi connectivity index (χ2v) is 37.7. The highest BCUT2D eigenvalue weighted by molar-refractivity contribution is 7.11. The molecule has 16 rings (SSSR count). The van der Waals surface area contributed by atoms with Crippen LogP contribution in [0.4, 0.5) is 0 Å². The number of nitrogens with one attached hydrogen (secondary N) is 1. The van der Waals surface area contributed by atoms with E-state index in [2.05, 4.69) is 91.0 Å². The van der Waals surface area contributed by atoms with Crippen LogP contribution in [-0.2, 0) is 106 Å². The minimum atomic E-state index is -0.851. The molecule has 8 aromatic rings. The number of thiophene rings is 7. The smallest absolute Gasteiger partial charge is 0.316 e. The number of ketones is 2. The van der Waals surface area contributed by atoms with Gasteiger partial charge in [-0.2, -0.15) is 26.3 Å². The van der Waals surface area contributed by atoms with Crippen molar-refractivity contribution in [1.29, 1.82) is 26.3 Å². The van der Waals surface area contributed by atoms with Gasteiger partial charge in [0.15, 0.2) is 17.4 Å². The van der Waals surface area contributed by atoms with E-state index in [9.17, 15) is 49.8 Å². The number of para-hydroxylation sites is 1. The molecule has 642 valence electrons. The van der Waals surface area contributed by atoms with E-state index in [-0.39, 0.29) is 82.5 Å². The number of nitrogens with zero attached hydrogens (tertiary/aromatic N) is 5. The van der Waals surface area contributed by atoms with Gasteiger partial charge in [0.1, 0.15) is 23.2 Å². The Morgan fingerprint density at radius 1 is 0.471 bits per heavy atom. The van der Waals surface area contributed by atoms with Gasteiger partial charge < -0.3 is 58.4 Å². The maximum atomic E-state index is 12.8. The third-order valence-electron chi connectivity index (χ3n) is 24.2. The van der Waals surface area contributed by atoms with Crippen molar-refractivity contribution in [2.45, 2.75) is 204 Å². The SMILES string of the molecule is COC(=O)C1CC(C#N)(c2cccs2)CCC1=O.COC(=O)CCC(C#N)(CCC(=O)OC)c1cccs1.COc1ccccc1C(=O)NCC1(c2cccs2)CCC2(CC1)OCCO2.N#CC1(c2cccs2)CCC(=O)CC1.N#CC1(c2cccs2)CCC2(CC1)OCCO2.N#CCc1cccs1.NCC1(c2cccs2)CCC2(CC1)OCCO2. The summed E-state index contributed by atoms with van der Waals surface area (Å²) < 4.78 is 54.0. The van der Waals surface area contributed by atoms with E-state index in [0.717, 1.165) is 116 Å². The van der Waals surface area contributed by atoms with E-state index in [1.165, 1.54) is 58.6 Å². The number of carbonyl (C=O) groups excluding carboxylic acids is 6. The van der Waals surface area contributed by atoms with E-state index in [4.69, 9.17) is 44.2 Å². The van der Waals surface area contributed by atoms with Crippen molar-refractivity contribution in [2.24, 2.45) is 11.7 Å². The minimum Gasteiger partial charge on any atom is -0.496 e. The molecular formula is C91H105N7O16S7. The number of amides is 1. The number of ether oxygens (including phenoxy) is 10. The Bertz CT molecular complexity index is 4720. The first kappa shape index (κ1) is 94.6. The number of methoxy groups -OCH3 is 4. The average Bonchev–Trinajstić information content (AvgIpc) is 1.62. The molecule has 0 bridgehead atoms. The summed E-state index contributed by atoms with van der Waals surface area (Å²) in [5.74, 6) is -2.45. The van der Waals surface area contributed by atoms with Gasteiger partial charge in [0, 0.05) is 129 Å². The number of hydrogen-bond donors (Lipinski definition) is 2. The average molecular weight is 1780 g/mol. The minimum absolute atomic E-state index is 0.0770. The number of nitriles is 5. The fourth-order valence-electron chi connectivity index (χ4n) is 16.7. The number of hydrogen-bond acceptors (Lipinski definition) is 29. The summed E-state index contributed by atoms with van der Waals surface area (Å²) in [6.07, 6.45) is 16.0. The fraction of sp³-hybridized carbons (Fsp3) is 0.505. The number of nitrogens with two attached hydrogens (primary N) is 1. The highest BCUT2D eigenvalue weighted by Crippen LogP contribution is 2.51. The van der Waals surface area contributed by atoms with Crippen LogP contribution in [-0.4, -0.2) is 134 Å². The lowest BCUT2D eigenvalue weighted by Crippen LogP contribution is -2.47. The third kappa shape index (κ3) is 24.0. The van der Waals surface area contributed by atoms with Crippen molar-refractivity contribution >= 4 is 115 Å². The number of carbonyl (C=O) groups is 6. The Morgan fingerprint density at radius 3 is 1.29 bits per heavy atom. The summed E-state index contributed by atoms with van der Waals surface area (Å²) in [6.45, 7) is 5.55. The molecule has 2 atom stereocenters. The van der Waals surface area contributed by atoms with Crippen LogP contribution in [0.5, 0.6) is 5.75 Å². The van der Waals surface area contributed by atoms with Gasteiger partial charge in [0.2, 0.25) is 0 Å². The van der Waals surface area contributed by atoms with Crippen molar-refractivity contribution in [3.8, 4) is 36.1 Å². The lowest BCUT2D eigenvalue weighted by atomic mass is 9.69. The quantitative estimate of drug-likeness (QED) is 0.0431. The van der Waals surface area contributed by atoms with E-state index >= 15 is 0 Å². The van der Waals surface area contributed by atoms with Crippen LogP contribution in [0.1, 0.15) is 192 Å². The summed E-state index contributed by atoms with van der Waals surface area (Å²) in [5, 5.41) is 63.2. The molecule has 2 unspecified atom stereocenters. The zero-order valence-corrected chi connectivity index (χ0v) is 74.6. The second kappa shape index (κ2) is 45.1. The van der Waals surface area contributed by atoms with Crippen LogP contribution in [0.3, 0.4) is 0 Å². The van der Waals surface area contributed by atoms with Gasteiger partial charge in [-0.3, -0.25) is 28.8 Å². The van der Waals surface area contributed by atoms with Crippen LogP contribution in [0.15, 0.2) is 147 Å². The molecule has 23 nitrogen and oxygen atoms in total. The zero-order valence-electron chi connectivity index (χ0n) is 68.8. The van der Waals surface area contributed by atoms with Crippen LogP contribution in [0.2, 0.25) is 0 Å². The molecular weight excluding hydrogens is 1670 g/mol. The lowest BCUT2D eigenvalue weighted by molar-refractivity contribution is -0.184. The molecule has 3 N–H and O–H groups in total. The van der Waals surface area contributed by atoms with Crippen LogP contribution >= 0.6 is 79.4 Å². The third-order valence-corrected chi connectivity index (χ3v) is 31.6. The van der Waals surface area contributed by atoms with Crippen molar-refractivity contribution in [2.75, 3.05) is 81.2 Å². The van der Waals surface area contributed by atoms with Gasteiger partial charge in [-0.25, -0.2) is 0 Å². The molecule has 7 aromatic heterocycles. The van der Waals surface area contributed by atoms with E-state index in [0.29, 0.717) is 101 Å². The molecule has 8 fully saturated rings. The molecule has 1 amide bonds. The molecule has 5 aliphatic carbocycles. The van der Waals surface area contributed by atoms with Gasteiger partial charge in [-0.1, -0.05) is 54.6 Å². The van der Waals surface area contributed by atoms with E-state index < -0.39 is 28.5 Å². The summed E-state index contributed by atoms with van der Waals surface area (Å²) in [7, 11) is 5.48. The van der Waals surface area contributed by atoms with Crippen LogP contribution in [0.25, 0.3) is 0 Å². The highest BCUT2D eigenvalue weighted by atomic mass is 32.1. The van der Waals surface area contributed by atoms with E-state index in [1.807, 2.05) is 111 Å². The first-order valence-corrected chi connectivity index (χ1v) is 46.8. The number of Topliss-reactive ketones (excluding diaryl/α,β-unsaturated/α-hetero) is 2. The fourth-order valence-corrected chi connectivity index (χ4v) is 23.0. The maximum absolute atomic E-state index is 12.8.